The topological polar surface area (TPSA) is 57.8 Å². The zero-order valence-electron chi connectivity index (χ0n) is 13.6. The van der Waals surface area contributed by atoms with E-state index in [2.05, 4.69) is 10.4 Å². The third-order valence-electron chi connectivity index (χ3n) is 3.87. The van der Waals surface area contributed by atoms with Gasteiger partial charge in [-0.05, 0) is 41.0 Å². The number of nitrogens with zero attached hydrogens (tertiary/aromatic N) is 1. The minimum atomic E-state index is -2.92. The van der Waals surface area contributed by atoms with E-state index < -0.39 is 35.5 Å². The Morgan fingerprint density at radius 3 is 2.56 bits per heavy atom. The van der Waals surface area contributed by atoms with E-state index >= 15 is 0 Å². The molecule has 27 heavy (non-hydrogen) atoms. The normalized spacial score (nSPS) is 11.0. The predicted molar refractivity (Wildman–Crippen MR) is 86.5 cm³/mol. The first-order chi connectivity index (χ1) is 12.9. The number of H-pyrrole nitrogens is 1. The first-order valence-electron chi connectivity index (χ1n) is 7.70. The minimum absolute atomic E-state index is 0.223. The van der Waals surface area contributed by atoms with Crippen LogP contribution in [0.3, 0.4) is 0 Å². The molecule has 0 fully saturated rings. The highest BCUT2D eigenvalue weighted by atomic mass is 19.3. The molecule has 0 aliphatic carbocycles. The summed E-state index contributed by atoms with van der Waals surface area (Å²) in [5, 5.41) is 7.85. The number of alkyl halides is 2. The summed E-state index contributed by atoms with van der Waals surface area (Å²) in [7, 11) is 0. The molecule has 1 heterocycles. The van der Waals surface area contributed by atoms with Crippen LogP contribution in [-0.2, 0) is 6.54 Å². The molecule has 0 spiro atoms. The Balaban J connectivity index is 1.86. The summed E-state index contributed by atoms with van der Waals surface area (Å²) >= 11 is 0. The molecule has 0 bridgehead atoms. The number of rotatable bonds is 5. The molecule has 0 saturated carbocycles. The molecule has 0 aliphatic rings. The van der Waals surface area contributed by atoms with Crippen molar-refractivity contribution >= 4 is 5.91 Å². The molecule has 0 radical (unpaired) electrons. The van der Waals surface area contributed by atoms with Crippen molar-refractivity contribution in [2.75, 3.05) is 0 Å². The molecule has 0 atom stereocenters. The molecular weight excluding hydrogens is 369 g/mol. The van der Waals surface area contributed by atoms with Gasteiger partial charge in [-0.15, -0.1) is 0 Å². The highest BCUT2D eigenvalue weighted by molar-refractivity contribution is 5.95. The number of nitrogens with one attached hydrogen (secondary N) is 2. The summed E-state index contributed by atoms with van der Waals surface area (Å²) in [4.78, 5) is 12.1. The minimum Gasteiger partial charge on any atom is -0.348 e. The van der Waals surface area contributed by atoms with E-state index in [0.717, 1.165) is 30.5 Å². The number of aromatic nitrogens is 2. The van der Waals surface area contributed by atoms with Gasteiger partial charge in [0, 0.05) is 6.54 Å². The highest BCUT2D eigenvalue weighted by Gasteiger charge is 2.21. The van der Waals surface area contributed by atoms with Crippen molar-refractivity contribution in [2.24, 2.45) is 0 Å². The molecule has 1 amide bonds. The highest BCUT2D eigenvalue weighted by Crippen LogP contribution is 2.26. The Bertz CT molecular complexity index is 987. The average molecular weight is 381 g/mol. The van der Waals surface area contributed by atoms with Gasteiger partial charge >= 0.3 is 0 Å². The van der Waals surface area contributed by atoms with Gasteiger partial charge in [0.25, 0.3) is 12.3 Å². The van der Waals surface area contributed by atoms with Crippen molar-refractivity contribution in [3.63, 3.8) is 0 Å². The number of amides is 1. The van der Waals surface area contributed by atoms with E-state index in [1.165, 1.54) is 12.1 Å². The van der Waals surface area contributed by atoms with Crippen molar-refractivity contribution in [3.05, 3.63) is 76.9 Å². The first kappa shape index (κ1) is 18.6. The molecule has 3 aromatic rings. The zero-order valence-corrected chi connectivity index (χ0v) is 13.6. The number of benzene rings is 2. The third kappa shape index (κ3) is 3.97. The molecule has 3 rings (SSSR count). The Labute approximate surface area is 150 Å². The largest absolute Gasteiger partial charge is 0.348 e. The van der Waals surface area contributed by atoms with Crippen LogP contribution < -0.4 is 5.32 Å². The van der Waals surface area contributed by atoms with E-state index in [1.54, 1.807) is 0 Å². The predicted octanol–water partition coefficient (Wildman–Crippen LogP) is 4.36. The van der Waals surface area contributed by atoms with Crippen LogP contribution in [0.1, 0.15) is 28.0 Å². The molecule has 2 aromatic carbocycles. The number of aromatic amines is 1. The van der Waals surface area contributed by atoms with Crippen LogP contribution in [0.4, 0.5) is 22.0 Å². The number of halogens is 5. The number of carbonyl (C=O) groups is 1. The second kappa shape index (κ2) is 7.56. The van der Waals surface area contributed by atoms with Crippen LogP contribution in [0, 0.1) is 17.5 Å². The van der Waals surface area contributed by atoms with Crippen LogP contribution in [-0.4, -0.2) is 16.1 Å². The quantitative estimate of drug-likeness (QED) is 0.645. The molecule has 0 saturated heterocycles. The van der Waals surface area contributed by atoms with Crippen molar-refractivity contribution < 1.29 is 26.7 Å². The summed E-state index contributed by atoms with van der Waals surface area (Å²) in [5.74, 6) is -3.55. The SMILES string of the molecule is O=C(NCc1cc(F)ccc1-c1ccc(F)c(F)c1)c1cn[nH]c1C(F)F. The third-order valence-corrected chi connectivity index (χ3v) is 3.87. The fourth-order valence-corrected chi connectivity index (χ4v) is 2.57. The van der Waals surface area contributed by atoms with E-state index in [0.29, 0.717) is 5.56 Å². The molecule has 2 N–H and O–H groups in total. The summed E-state index contributed by atoms with van der Waals surface area (Å²) in [6.07, 6.45) is -1.96. The molecule has 4 nitrogen and oxygen atoms in total. The van der Waals surface area contributed by atoms with Crippen molar-refractivity contribution in [3.8, 4) is 11.1 Å². The standard InChI is InChI=1S/C18H12F5N3O/c19-11-2-3-12(9-1-4-14(20)15(21)6-9)10(5-11)7-24-18(27)13-8-25-26-16(13)17(22)23/h1-6,8,17H,7H2,(H,24,27)(H,25,26). The average Bonchev–Trinajstić information content (AvgIpc) is 3.12. The van der Waals surface area contributed by atoms with Gasteiger partial charge < -0.3 is 5.32 Å². The maximum absolute atomic E-state index is 13.6. The van der Waals surface area contributed by atoms with Crippen molar-refractivity contribution in [1.29, 1.82) is 0 Å². The number of hydrogen-bond donors (Lipinski definition) is 2. The van der Waals surface area contributed by atoms with Gasteiger partial charge in [0.1, 0.15) is 11.5 Å². The van der Waals surface area contributed by atoms with Gasteiger partial charge in [0.05, 0.1) is 11.8 Å². The van der Waals surface area contributed by atoms with E-state index in [1.807, 2.05) is 5.10 Å². The second-order valence-electron chi connectivity index (χ2n) is 5.61. The Hall–Kier alpha value is -3.23. The monoisotopic (exact) mass is 381 g/mol. The molecule has 0 unspecified atom stereocenters. The van der Waals surface area contributed by atoms with Crippen LogP contribution in [0.2, 0.25) is 0 Å². The van der Waals surface area contributed by atoms with Crippen molar-refractivity contribution in [2.45, 2.75) is 13.0 Å². The second-order valence-corrected chi connectivity index (χ2v) is 5.61. The molecule has 140 valence electrons. The number of carbonyl (C=O) groups excluding carboxylic acids is 1. The van der Waals surface area contributed by atoms with Crippen LogP contribution in [0.15, 0.2) is 42.6 Å². The van der Waals surface area contributed by atoms with E-state index in [4.69, 9.17) is 0 Å². The van der Waals surface area contributed by atoms with Crippen molar-refractivity contribution in [1.82, 2.24) is 15.5 Å². The fraction of sp³-hybridized carbons (Fsp3) is 0.111. The number of hydrogen-bond acceptors (Lipinski definition) is 2. The zero-order chi connectivity index (χ0) is 19.6. The van der Waals surface area contributed by atoms with Gasteiger partial charge in [-0.25, -0.2) is 22.0 Å². The smallest absolute Gasteiger partial charge is 0.280 e. The van der Waals surface area contributed by atoms with E-state index in [-0.39, 0.29) is 23.2 Å². The van der Waals surface area contributed by atoms with E-state index in [9.17, 15) is 26.7 Å². The summed E-state index contributed by atoms with van der Waals surface area (Å²) in [6.45, 7) is -0.223. The Morgan fingerprint density at radius 1 is 1.07 bits per heavy atom. The van der Waals surface area contributed by atoms with Gasteiger partial charge in [-0.2, -0.15) is 5.10 Å². The maximum atomic E-state index is 13.6. The summed E-state index contributed by atoms with van der Waals surface area (Å²) in [6, 6.07) is 6.77. The Kier molecular flexibility index (Phi) is 5.20. The van der Waals surface area contributed by atoms with Crippen LogP contribution in [0.25, 0.3) is 11.1 Å². The lowest BCUT2D eigenvalue weighted by Gasteiger charge is -2.12. The molecular formula is C18H12F5N3O. The lowest BCUT2D eigenvalue weighted by Crippen LogP contribution is -2.24. The van der Waals surface area contributed by atoms with Gasteiger partial charge in [-0.3, -0.25) is 9.89 Å². The van der Waals surface area contributed by atoms with Gasteiger partial charge in [0.2, 0.25) is 0 Å². The van der Waals surface area contributed by atoms with Gasteiger partial charge in [-0.1, -0.05) is 12.1 Å². The van der Waals surface area contributed by atoms with Crippen LogP contribution >= 0.6 is 0 Å². The van der Waals surface area contributed by atoms with Gasteiger partial charge in [0.15, 0.2) is 11.6 Å². The first-order valence-corrected chi connectivity index (χ1v) is 7.70. The summed E-state index contributed by atoms with van der Waals surface area (Å²) in [5.41, 5.74) is -0.0774. The molecule has 1 aromatic heterocycles. The summed E-state index contributed by atoms with van der Waals surface area (Å²) < 4.78 is 65.9. The molecule has 0 aliphatic heterocycles. The Morgan fingerprint density at radius 2 is 1.85 bits per heavy atom. The maximum Gasteiger partial charge on any atom is 0.280 e. The van der Waals surface area contributed by atoms with Crippen LogP contribution in [0.5, 0.6) is 0 Å². The lowest BCUT2D eigenvalue weighted by molar-refractivity contribution is 0.0936. The fourth-order valence-electron chi connectivity index (χ4n) is 2.57. The molecule has 9 heteroatoms. The lowest BCUT2D eigenvalue weighted by atomic mass is 9.99.